The van der Waals surface area contributed by atoms with E-state index >= 15 is 0 Å². The van der Waals surface area contributed by atoms with E-state index in [9.17, 15) is 8.42 Å². The number of aromatic nitrogens is 2. The summed E-state index contributed by atoms with van der Waals surface area (Å²) in [4.78, 5) is 8.00. The first-order valence-corrected chi connectivity index (χ1v) is 8.99. The Morgan fingerprint density at radius 3 is 2.62 bits per heavy atom. The second kappa shape index (κ2) is 4.96. The van der Waals surface area contributed by atoms with Gasteiger partial charge in [-0.1, -0.05) is 27.6 Å². The topological polar surface area (TPSA) is 62.8 Å². The van der Waals surface area contributed by atoms with Crippen LogP contribution in [0.3, 0.4) is 0 Å². The number of halogens is 1. The zero-order valence-electron chi connectivity index (χ0n) is 11.5. The van der Waals surface area contributed by atoms with Gasteiger partial charge in [-0.2, -0.15) is 0 Å². The maximum atomic E-state index is 11.6. The highest BCUT2D eigenvalue weighted by atomic mass is 79.9. The Kier molecular flexibility index (Phi) is 3.37. The molecule has 3 rings (SSSR count). The summed E-state index contributed by atoms with van der Waals surface area (Å²) in [5.41, 5.74) is 3.53. The Hall–Kier alpha value is -1.66. The number of hydrogen-bond acceptors (Lipinski definition) is 3. The Balaban J connectivity index is 2.20. The average molecular weight is 365 g/mol. The maximum absolute atomic E-state index is 11.6. The highest BCUT2D eigenvalue weighted by molar-refractivity contribution is 9.10. The molecule has 0 unspecified atom stereocenters. The molecule has 3 aromatic rings. The van der Waals surface area contributed by atoms with Gasteiger partial charge >= 0.3 is 0 Å². The summed E-state index contributed by atoms with van der Waals surface area (Å²) in [5, 5.41) is 0. The fourth-order valence-corrected chi connectivity index (χ4v) is 3.25. The van der Waals surface area contributed by atoms with Gasteiger partial charge in [0.05, 0.1) is 15.9 Å². The molecule has 0 saturated carbocycles. The molecule has 0 bridgehead atoms. The van der Waals surface area contributed by atoms with E-state index in [0.29, 0.717) is 11.3 Å². The normalized spacial score (nSPS) is 12.0. The minimum Gasteiger partial charge on any atom is -0.338 e. The Bertz CT molecular complexity index is 945. The minimum absolute atomic E-state index is 0.286. The third-order valence-corrected chi connectivity index (χ3v) is 5.06. The van der Waals surface area contributed by atoms with Crippen molar-refractivity contribution in [3.63, 3.8) is 0 Å². The molecule has 0 aliphatic heterocycles. The van der Waals surface area contributed by atoms with Gasteiger partial charge in [0, 0.05) is 16.3 Å². The zero-order chi connectivity index (χ0) is 15.2. The molecular formula is C15H13BrN2O2S. The minimum atomic E-state index is -3.22. The van der Waals surface area contributed by atoms with Gasteiger partial charge in [-0.3, -0.25) is 0 Å². The van der Waals surface area contributed by atoms with E-state index < -0.39 is 9.84 Å². The molecule has 2 aromatic carbocycles. The van der Waals surface area contributed by atoms with Crippen molar-refractivity contribution >= 4 is 36.8 Å². The van der Waals surface area contributed by atoms with E-state index in [1.807, 2.05) is 25.1 Å². The van der Waals surface area contributed by atoms with Gasteiger partial charge in [-0.15, -0.1) is 0 Å². The number of benzene rings is 2. The average Bonchev–Trinajstić information content (AvgIpc) is 2.83. The molecular weight excluding hydrogens is 352 g/mol. The third-order valence-electron chi connectivity index (χ3n) is 3.26. The lowest BCUT2D eigenvalue weighted by molar-refractivity contribution is 0.602. The van der Waals surface area contributed by atoms with Crippen molar-refractivity contribution in [3.8, 4) is 11.4 Å². The number of aromatic amines is 1. The van der Waals surface area contributed by atoms with Gasteiger partial charge in [-0.25, -0.2) is 13.4 Å². The molecule has 0 fully saturated rings. The molecule has 0 spiro atoms. The molecule has 1 heterocycles. The second-order valence-corrected chi connectivity index (χ2v) is 7.89. The van der Waals surface area contributed by atoms with Crippen LogP contribution in [0.2, 0.25) is 0 Å². The fourth-order valence-electron chi connectivity index (χ4n) is 2.17. The van der Waals surface area contributed by atoms with E-state index in [0.717, 1.165) is 21.1 Å². The molecule has 1 aromatic heterocycles. The lowest BCUT2D eigenvalue weighted by Gasteiger charge is -2.02. The fraction of sp³-hybridized carbons (Fsp3) is 0.133. The number of imidazole rings is 1. The SMILES string of the molecule is Cc1ccc(Br)c(-c2nc3ccc(S(C)(=O)=O)cc3[nH]2)c1. The van der Waals surface area contributed by atoms with Crippen molar-refractivity contribution in [1.29, 1.82) is 0 Å². The molecule has 0 aliphatic rings. The predicted molar refractivity (Wildman–Crippen MR) is 87.1 cm³/mol. The number of aryl methyl sites for hydroxylation is 1. The molecule has 0 radical (unpaired) electrons. The molecule has 4 nitrogen and oxygen atoms in total. The van der Waals surface area contributed by atoms with Crippen LogP contribution in [0.15, 0.2) is 45.8 Å². The summed E-state index contributed by atoms with van der Waals surface area (Å²) in [6.07, 6.45) is 1.20. The smallest absolute Gasteiger partial charge is 0.175 e. The van der Waals surface area contributed by atoms with Crippen LogP contribution in [0, 0.1) is 6.92 Å². The lowest BCUT2D eigenvalue weighted by atomic mass is 10.1. The number of fused-ring (bicyclic) bond motifs is 1. The largest absolute Gasteiger partial charge is 0.338 e. The van der Waals surface area contributed by atoms with Gasteiger partial charge in [0.25, 0.3) is 0 Å². The van der Waals surface area contributed by atoms with Crippen molar-refractivity contribution in [1.82, 2.24) is 9.97 Å². The number of H-pyrrole nitrogens is 1. The molecule has 0 saturated heterocycles. The van der Waals surface area contributed by atoms with Crippen LogP contribution in [-0.2, 0) is 9.84 Å². The van der Waals surface area contributed by atoms with Crippen LogP contribution in [0.1, 0.15) is 5.56 Å². The van der Waals surface area contributed by atoms with Crippen LogP contribution in [-0.4, -0.2) is 24.6 Å². The first-order chi connectivity index (χ1) is 9.84. The van der Waals surface area contributed by atoms with Crippen molar-refractivity contribution in [2.24, 2.45) is 0 Å². The quantitative estimate of drug-likeness (QED) is 0.753. The van der Waals surface area contributed by atoms with Gasteiger partial charge in [0.15, 0.2) is 9.84 Å². The molecule has 0 aliphatic carbocycles. The highest BCUT2D eigenvalue weighted by Gasteiger charge is 2.12. The van der Waals surface area contributed by atoms with Crippen LogP contribution in [0.25, 0.3) is 22.4 Å². The summed E-state index contributed by atoms with van der Waals surface area (Å²) >= 11 is 3.51. The maximum Gasteiger partial charge on any atom is 0.175 e. The summed E-state index contributed by atoms with van der Waals surface area (Å²) in [6, 6.07) is 10.9. The predicted octanol–water partition coefficient (Wildman–Crippen LogP) is 3.70. The first kappa shape index (κ1) is 14.3. The number of rotatable bonds is 2. The van der Waals surface area contributed by atoms with Crippen molar-refractivity contribution in [2.45, 2.75) is 11.8 Å². The van der Waals surface area contributed by atoms with Crippen LogP contribution in [0.4, 0.5) is 0 Å². The zero-order valence-corrected chi connectivity index (χ0v) is 13.9. The summed E-state index contributed by atoms with van der Waals surface area (Å²) < 4.78 is 24.2. The van der Waals surface area contributed by atoms with Crippen LogP contribution in [0.5, 0.6) is 0 Å². The molecule has 0 amide bonds. The highest BCUT2D eigenvalue weighted by Crippen LogP contribution is 2.29. The van der Waals surface area contributed by atoms with Gasteiger partial charge in [0.2, 0.25) is 0 Å². The molecule has 108 valence electrons. The molecule has 21 heavy (non-hydrogen) atoms. The van der Waals surface area contributed by atoms with Crippen molar-refractivity contribution in [3.05, 3.63) is 46.4 Å². The van der Waals surface area contributed by atoms with Crippen molar-refractivity contribution < 1.29 is 8.42 Å². The number of nitrogens with zero attached hydrogens (tertiary/aromatic N) is 1. The molecule has 0 atom stereocenters. The molecule has 6 heteroatoms. The number of sulfone groups is 1. The lowest BCUT2D eigenvalue weighted by Crippen LogP contribution is -1.96. The summed E-state index contributed by atoms with van der Waals surface area (Å²) in [7, 11) is -3.22. The standard InChI is InChI=1S/C15H13BrN2O2S/c1-9-3-5-12(16)11(7-9)15-17-13-6-4-10(21(2,19)20)8-14(13)18-15/h3-8H,1-2H3,(H,17,18). The Labute approximate surface area is 131 Å². The number of nitrogens with one attached hydrogen (secondary N) is 1. The monoisotopic (exact) mass is 364 g/mol. The van der Waals surface area contributed by atoms with E-state index in [1.165, 1.54) is 6.26 Å². The van der Waals surface area contributed by atoms with E-state index in [-0.39, 0.29) is 4.90 Å². The van der Waals surface area contributed by atoms with Crippen LogP contribution >= 0.6 is 15.9 Å². The third kappa shape index (κ3) is 2.73. The first-order valence-electron chi connectivity index (χ1n) is 6.31. The van der Waals surface area contributed by atoms with E-state index in [4.69, 9.17) is 0 Å². The van der Waals surface area contributed by atoms with E-state index in [2.05, 4.69) is 25.9 Å². The molecule has 1 N–H and O–H groups in total. The summed E-state index contributed by atoms with van der Waals surface area (Å²) in [5.74, 6) is 0.714. The second-order valence-electron chi connectivity index (χ2n) is 5.02. The summed E-state index contributed by atoms with van der Waals surface area (Å²) in [6.45, 7) is 2.01. The van der Waals surface area contributed by atoms with Crippen molar-refractivity contribution in [2.75, 3.05) is 6.26 Å². The van der Waals surface area contributed by atoms with Gasteiger partial charge in [0.1, 0.15) is 5.82 Å². The Morgan fingerprint density at radius 2 is 1.90 bits per heavy atom. The van der Waals surface area contributed by atoms with Crippen LogP contribution < -0.4 is 0 Å². The number of hydrogen-bond donors (Lipinski definition) is 1. The van der Waals surface area contributed by atoms with Gasteiger partial charge < -0.3 is 4.98 Å². The Morgan fingerprint density at radius 1 is 1.14 bits per heavy atom. The van der Waals surface area contributed by atoms with E-state index in [1.54, 1.807) is 18.2 Å². The van der Waals surface area contributed by atoms with Gasteiger partial charge in [-0.05, 0) is 37.3 Å².